The van der Waals surface area contributed by atoms with Crippen molar-refractivity contribution in [3.63, 3.8) is 0 Å². The van der Waals surface area contributed by atoms with Crippen molar-refractivity contribution >= 4 is 17.1 Å². The highest BCUT2D eigenvalue weighted by Crippen LogP contribution is 2.36. The van der Waals surface area contributed by atoms with E-state index in [0.29, 0.717) is 11.3 Å². The molecule has 0 aliphatic heterocycles. The van der Waals surface area contributed by atoms with Gasteiger partial charge in [0.15, 0.2) is 23.3 Å². The molecule has 204 valence electrons. The topological polar surface area (TPSA) is 74.0 Å². The number of aromatic nitrogens is 2. The Morgan fingerprint density at radius 3 is 2.15 bits per heavy atom. The second-order valence-corrected chi connectivity index (χ2v) is 8.71. The van der Waals surface area contributed by atoms with Gasteiger partial charge in [0, 0.05) is 6.20 Å². The summed E-state index contributed by atoms with van der Waals surface area (Å²) in [5.74, 6) is -7.52. The van der Waals surface area contributed by atoms with E-state index >= 15 is 17.6 Å². The monoisotopic (exact) mass is 551 g/mol. The summed E-state index contributed by atoms with van der Waals surface area (Å²) >= 11 is 0. The van der Waals surface area contributed by atoms with Gasteiger partial charge in [-0.1, -0.05) is 30.3 Å². The third-order valence-corrected chi connectivity index (χ3v) is 6.38. The van der Waals surface area contributed by atoms with Crippen LogP contribution in [0.5, 0.6) is 11.5 Å². The molecule has 0 aliphatic rings. The van der Waals surface area contributed by atoms with Crippen molar-refractivity contribution in [2.45, 2.75) is 6.54 Å². The van der Waals surface area contributed by atoms with Crippen LogP contribution in [0.15, 0.2) is 77.7 Å². The molecular formula is C29H21F4N3O4. The molecule has 40 heavy (non-hydrogen) atoms. The molecule has 1 N–H and O–H groups in total. The first-order valence-electron chi connectivity index (χ1n) is 11.9. The van der Waals surface area contributed by atoms with Crippen molar-refractivity contribution in [3.8, 4) is 22.6 Å². The molecule has 5 aromatic rings. The first kappa shape index (κ1) is 26.5. The summed E-state index contributed by atoms with van der Waals surface area (Å²) in [6.07, 6.45) is 1.53. The summed E-state index contributed by atoms with van der Waals surface area (Å²) in [7, 11) is 2.84. The van der Waals surface area contributed by atoms with Crippen molar-refractivity contribution in [3.05, 3.63) is 118 Å². The number of nitrogens with one attached hydrogen (secondary N) is 1. The van der Waals surface area contributed by atoms with Crippen molar-refractivity contribution in [1.82, 2.24) is 9.20 Å². The molecule has 0 saturated heterocycles. The Morgan fingerprint density at radius 2 is 1.50 bits per heavy atom. The predicted octanol–water partition coefficient (Wildman–Crippen LogP) is 5.64. The SMILES string of the molecule is COc1ccc(Cn2c(=O)c(C(=O)Nc3c(F)c(F)c(-c4cccc(OC)c4)c(F)c3F)c3ccccn32)cc1. The van der Waals surface area contributed by atoms with Gasteiger partial charge in [0.05, 0.1) is 31.8 Å². The number of benzene rings is 3. The smallest absolute Gasteiger partial charge is 0.280 e. The zero-order valence-corrected chi connectivity index (χ0v) is 21.2. The minimum absolute atomic E-state index is 0.0441. The van der Waals surface area contributed by atoms with Crippen LogP contribution in [0.4, 0.5) is 23.2 Å². The van der Waals surface area contributed by atoms with E-state index in [1.54, 1.807) is 36.4 Å². The summed E-state index contributed by atoms with van der Waals surface area (Å²) in [5, 5.41) is 1.87. The molecule has 0 aliphatic carbocycles. The quantitative estimate of drug-likeness (QED) is 0.210. The number of carbonyl (C=O) groups is 1. The molecule has 0 saturated carbocycles. The van der Waals surface area contributed by atoms with E-state index in [1.165, 1.54) is 59.9 Å². The molecule has 0 bridgehead atoms. The molecule has 0 atom stereocenters. The van der Waals surface area contributed by atoms with Crippen molar-refractivity contribution in [1.29, 1.82) is 0 Å². The van der Waals surface area contributed by atoms with Crippen LogP contribution < -0.4 is 20.3 Å². The van der Waals surface area contributed by atoms with Crippen LogP contribution in [0.1, 0.15) is 15.9 Å². The number of ether oxygens (including phenoxy) is 2. The number of rotatable bonds is 7. The predicted molar refractivity (Wildman–Crippen MR) is 140 cm³/mol. The van der Waals surface area contributed by atoms with E-state index in [9.17, 15) is 9.59 Å². The van der Waals surface area contributed by atoms with Gasteiger partial charge in [-0.3, -0.25) is 14.1 Å². The highest BCUT2D eigenvalue weighted by atomic mass is 19.2. The molecule has 0 fully saturated rings. The fourth-order valence-electron chi connectivity index (χ4n) is 4.39. The second kappa shape index (κ2) is 10.6. The van der Waals surface area contributed by atoms with Crippen molar-refractivity contribution in [2.75, 3.05) is 19.5 Å². The van der Waals surface area contributed by atoms with Crippen LogP contribution >= 0.6 is 0 Å². The molecule has 2 aromatic heterocycles. The maximum absolute atomic E-state index is 15.1. The van der Waals surface area contributed by atoms with Crippen LogP contribution in [0.3, 0.4) is 0 Å². The fraction of sp³-hybridized carbons (Fsp3) is 0.103. The average molecular weight is 551 g/mol. The number of amides is 1. The third-order valence-electron chi connectivity index (χ3n) is 6.38. The molecule has 7 nitrogen and oxygen atoms in total. The largest absolute Gasteiger partial charge is 0.497 e. The summed E-state index contributed by atoms with van der Waals surface area (Å²) in [6, 6.07) is 16.9. The number of pyridine rings is 1. The van der Waals surface area contributed by atoms with Crippen LogP contribution in [0, 0.1) is 23.3 Å². The van der Waals surface area contributed by atoms with E-state index in [2.05, 4.69) is 0 Å². The Hall–Kier alpha value is -5.06. The second-order valence-electron chi connectivity index (χ2n) is 8.71. The Kier molecular flexibility index (Phi) is 7.03. The number of hydrogen-bond donors (Lipinski definition) is 1. The lowest BCUT2D eigenvalue weighted by molar-refractivity contribution is 0.102. The Balaban J connectivity index is 1.55. The maximum atomic E-state index is 15.1. The van der Waals surface area contributed by atoms with E-state index in [0.717, 1.165) is 0 Å². The zero-order chi connectivity index (χ0) is 28.6. The molecule has 0 unspecified atom stereocenters. The fourth-order valence-corrected chi connectivity index (χ4v) is 4.39. The van der Waals surface area contributed by atoms with Gasteiger partial charge in [-0.05, 0) is 47.5 Å². The average Bonchev–Trinajstić information content (AvgIpc) is 3.25. The standard InChI is InChI=1S/C29H21F4N3O4/c1-39-18-11-9-16(10-12-18)15-36-29(38)22(20-8-3-4-13-35(20)36)28(37)34-27-25(32)23(30)21(24(31)26(27)33)17-6-5-7-19(14-17)40-2/h3-14H,15H2,1-2H3,(H,34,37). The van der Waals surface area contributed by atoms with E-state index < -0.39 is 51.5 Å². The first-order valence-corrected chi connectivity index (χ1v) is 11.9. The van der Waals surface area contributed by atoms with Crippen molar-refractivity contribution < 1.29 is 31.8 Å². The molecule has 2 heterocycles. The molecule has 11 heteroatoms. The normalized spacial score (nSPS) is 11.1. The van der Waals surface area contributed by atoms with E-state index in [-0.39, 0.29) is 23.4 Å². The lowest BCUT2D eigenvalue weighted by Gasteiger charge is -2.13. The number of nitrogens with zero attached hydrogens (tertiary/aromatic N) is 2. The minimum Gasteiger partial charge on any atom is -0.497 e. The zero-order valence-electron chi connectivity index (χ0n) is 21.2. The number of carbonyl (C=O) groups excluding carboxylic acids is 1. The number of anilines is 1. The first-order chi connectivity index (χ1) is 19.2. The summed E-state index contributed by atoms with van der Waals surface area (Å²) in [4.78, 5) is 26.6. The molecule has 0 spiro atoms. The van der Waals surface area contributed by atoms with Crippen LogP contribution in [0.25, 0.3) is 16.6 Å². The van der Waals surface area contributed by atoms with Crippen molar-refractivity contribution in [2.24, 2.45) is 0 Å². The third kappa shape index (κ3) is 4.55. The summed E-state index contributed by atoms with van der Waals surface area (Å²) in [6.45, 7) is 0.0441. The van der Waals surface area contributed by atoms with Gasteiger partial charge in [-0.25, -0.2) is 22.2 Å². The maximum Gasteiger partial charge on any atom is 0.280 e. The molecule has 1 amide bonds. The summed E-state index contributed by atoms with van der Waals surface area (Å²) < 4.78 is 73.1. The Labute approximate surface area is 224 Å². The van der Waals surface area contributed by atoms with Gasteiger partial charge in [0.2, 0.25) is 0 Å². The molecule has 5 rings (SSSR count). The summed E-state index contributed by atoms with van der Waals surface area (Å²) in [5.41, 5.74) is -2.93. The van der Waals surface area contributed by atoms with Gasteiger partial charge in [-0.15, -0.1) is 0 Å². The minimum atomic E-state index is -1.83. The van der Waals surface area contributed by atoms with Gasteiger partial charge in [0.1, 0.15) is 22.7 Å². The van der Waals surface area contributed by atoms with Crippen LogP contribution in [-0.2, 0) is 6.54 Å². The highest BCUT2D eigenvalue weighted by molar-refractivity contribution is 6.09. The molecule has 0 radical (unpaired) electrons. The number of hydrogen-bond acceptors (Lipinski definition) is 4. The van der Waals surface area contributed by atoms with Gasteiger partial charge in [0.25, 0.3) is 11.5 Å². The number of methoxy groups -OCH3 is 2. The van der Waals surface area contributed by atoms with Gasteiger partial charge >= 0.3 is 0 Å². The Morgan fingerprint density at radius 1 is 0.825 bits per heavy atom. The lowest BCUT2D eigenvalue weighted by atomic mass is 10.0. The van der Waals surface area contributed by atoms with Crippen LogP contribution in [0.2, 0.25) is 0 Å². The lowest BCUT2D eigenvalue weighted by Crippen LogP contribution is -2.26. The molecular weight excluding hydrogens is 530 g/mol. The van der Waals surface area contributed by atoms with Gasteiger partial charge < -0.3 is 14.8 Å². The van der Waals surface area contributed by atoms with Crippen LogP contribution in [-0.4, -0.2) is 29.3 Å². The molecule has 3 aromatic carbocycles. The van der Waals surface area contributed by atoms with E-state index in [1.807, 2.05) is 5.32 Å². The van der Waals surface area contributed by atoms with E-state index in [4.69, 9.17) is 9.47 Å². The van der Waals surface area contributed by atoms with Gasteiger partial charge in [-0.2, -0.15) is 0 Å². The highest BCUT2D eigenvalue weighted by Gasteiger charge is 2.29. The number of fused-ring (bicyclic) bond motifs is 1. The number of halogens is 4. The Bertz CT molecular complexity index is 1780.